The molecule has 0 bridgehead atoms. The lowest BCUT2D eigenvalue weighted by Gasteiger charge is -2.20. The average molecular weight is 322 g/mol. The lowest BCUT2D eigenvalue weighted by Crippen LogP contribution is -2.42. The van der Waals surface area contributed by atoms with Crippen molar-refractivity contribution in [3.8, 4) is 0 Å². The standard InChI is InChI=1S/C15H18N2O6/c1-21-13(18)9-10(14(19)22-2)12(15(20)23-3)17-11(9)8-5-4-6-16-7-8/h4-7,9-12,17H,1-3H3/t9-,10+,11-,12-/m0/s1. The normalized spacial score (nSPS) is 26.4. The molecule has 2 heterocycles. The van der Waals surface area contributed by atoms with Gasteiger partial charge in [0.1, 0.15) is 6.04 Å². The number of aromatic nitrogens is 1. The zero-order chi connectivity index (χ0) is 17.0. The zero-order valence-electron chi connectivity index (χ0n) is 13.0. The molecule has 1 N–H and O–H groups in total. The van der Waals surface area contributed by atoms with Crippen molar-refractivity contribution >= 4 is 17.9 Å². The van der Waals surface area contributed by atoms with Crippen molar-refractivity contribution in [1.82, 2.24) is 10.3 Å². The molecule has 1 saturated heterocycles. The van der Waals surface area contributed by atoms with Crippen LogP contribution in [0, 0.1) is 11.8 Å². The number of esters is 3. The van der Waals surface area contributed by atoms with Crippen LogP contribution < -0.4 is 5.32 Å². The van der Waals surface area contributed by atoms with E-state index in [1.165, 1.54) is 21.3 Å². The number of carbonyl (C=O) groups is 3. The van der Waals surface area contributed by atoms with E-state index in [0.717, 1.165) is 0 Å². The van der Waals surface area contributed by atoms with Crippen LogP contribution in [0.4, 0.5) is 0 Å². The van der Waals surface area contributed by atoms with Crippen molar-refractivity contribution in [2.45, 2.75) is 12.1 Å². The van der Waals surface area contributed by atoms with Gasteiger partial charge in [0.05, 0.1) is 33.2 Å². The Balaban J connectivity index is 2.47. The van der Waals surface area contributed by atoms with Crippen LogP contribution in [0.3, 0.4) is 0 Å². The number of carbonyl (C=O) groups excluding carboxylic acids is 3. The van der Waals surface area contributed by atoms with Gasteiger partial charge in [0.2, 0.25) is 0 Å². The molecule has 0 radical (unpaired) electrons. The number of methoxy groups -OCH3 is 3. The third kappa shape index (κ3) is 3.16. The van der Waals surface area contributed by atoms with Gasteiger partial charge >= 0.3 is 17.9 Å². The summed E-state index contributed by atoms with van der Waals surface area (Å²) in [6.07, 6.45) is 3.14. The van der Waals surface area contributed by atoms with Gasteiger partial charge in [-0.1, -0.05) is 6.07 Å². The van der Waals surface area contributed by atoms with Crippen LogP contribution in [0.15, 0.2) is 24.5 Å². The van der Waals surface area contributed by atoms with E-state index in [0.29, 0.717) is 5.56 Å². The lowest BCUT2D eigenvalue weighted by atomic mass is 9.84. The SMILES string of the molecule is COC(=O)[C@@H]1[C@H](C(=O)OC)[C@H](c2cccnc2)N[C@@H]1C(=O)OC. The largest absolute Gasteiger partial charge is 0.469 e. The van der Waals surface area contributed by atoms with E-state index in [-0.39, 0.29) is 0 Å². The molecule has 0 unspecified atom stereocenters. The number of pyridine rings is 1. The number of hydrogen-bond donors (Lipinski definition) is 1. The molecule has 2 rings (SSSR count). The van der Waals surface area contributed by atoms with Crippen molar-refractivity contribution < 1.29 is 28.6 Å². The van der Waals surface area contributed by atoms with Crippen LogP contribution in [-0.2, 0) is 28.6 Å². The lowest BCUT2D eigenvalue weighted by molar-refractivity contribution is -0.159. The van der Waals surface area contributed by atoms with E-state index < -0.39 is 41.8 Å². The summed E-state index contributed by atoms with van der Waals surface area (Å²) in [6.45, 7) is 0. The Morgan fingerprint density at radius 3 is 2.13 bits per heavy atom. The number of nitrogens with one attached hydrogen (secondary N) is 1. The molecule has 124 valence electrons. The molecule has 0 amide bonds. The molecular weight excluding hydrogens is 304 g/mol. The van der Waals surface area contributed by atoms with E-state index in [9.17, 15) is 14.4 Å². The summed E-state index contributed by atoms with van der Waals surface area (Å²) in [5, 5.41) is 2.97. The van der Waals surface area contributed by atoms with Crippen LogP contribution in [0.1, 0.15) is 11.6 Å². The van der Waals surface area contributed by atoms with Gasteiger partial charge in [0.25, 0.3) is 0 Å². The molecule has 8 heteroatoms. The van der Waals surface area contributed by atoms with Crippen LogP contribution in [0.2, 0.25) is 0 Å². The fourth-order valence-corrected chi connectivity index (χ4v) is 2.86. The molecular formula is C15H18N2O6. The van der Waals surface area contributed by atoms with E-state index in [4.69, 9.17) is 14.2 Å². The summed E-state index contributed by atoms with van der Waals surface area (Å²) in [7, 11) is 3.63. The molecule has 1 aliphatic rings. The molecule has 1 fully saturated rings. The quantitative estimate of drug-likeness (QED) is 0.603. The minimum atomic E-state index is -1.05. The van der Waals surface area contributed by atoms with Crippen molar-refractivity contribution in [2.24, 2.45) is 11.8 Å². The first-order valence-corrected chi connectivity index (χ1v) is 6.94. The maximum Gasteiger partial charge on any atom is 0.323 e. The molecule has 8 nitrogen and oxygen atoms in total. The van der Waals surface area contributed by atoms with Crippen molar-refractivity contribution in [2.75, 3.05) is 21.3 Å². The Morgan fingerprint density at radius 2 is 1.61 bits per heavy atom. The average Bonchev–Trinajstić information content (AvgIpc) is 3.00. The molecule has 0 aromatic carbocycles. The van der Waals surface area contributed by atoms with Gasteiger partial charge in [-0.2, -0.15) is 0 Å². The van der Waals surface area contributed by atoms with E-state index >= 15 is 0 Å². The minimum absolute atomic E-state index is 0.617. The molecule has 1 aliphatic heterocycles. The van der Waals surface area contributed by atoms with Crippen LogP contribution in [0.5, 0.6) is 0 Å². The Hall–Kier alpha value is -2.48. The fraction of sp³-hybridized carbons (Fsp3) is 0.467. The van der Waals surface area contributed by atoms with Crippen LogP contribution in [-0.4, -0.2) is 50.3 Å². The van der Waals surface area contributed by atoms with Gasteiger partial charge < -0.3 is 14.2 Å². The van der Waals surface area contributed by atoms with Crippen LogP contribution in [0.25, 0.3) is 0 Å². The highest BCUT2D eigenvalue weighted by Gasteiger charge is 2.55. The molecule has 1 aromatic heterocycles. The molecule has 1 aromatic rings. The highest BCUT2D eigenvalue weighted by Crippen LogP contribution is 2.39. The second kappa shape index (κ2) is 7.19. The number of ether oxygens (including phenoxy) is 3. The van der Waals surface area contributed by atoms with Crippen LogP contribution >= 0.6 is 0 Å². The van der Waals surface area contributed by atoms with Gasteiger partial charge in [-0.05, 0) is 11.6 Å². The topological polar surface area (TPSA) is 104 Å². The van der Waals surface area contributed by atoms with Gasteiger partial charge in [0.15, 0.2) is 0 Å². The number of hydrogen-bond acceptors (Lipinski definition) is 8. The summed E-state index contributed by atoms with van der Waals surface area (Å²) >= 11 is 0. The third-order valence-corrected chi connectivity index (χ3v) is 3.91. The summed E-state index contributed by atoms with van der Waals surface area (Å²) < 4.78 is 14.3. The monoisotopic (exact) mass is 322 g/mol. The molecule has 23 heavy (non-hydrogen) atoms. The molecule has 4 atom stereocenters. The second-order valence-corrected chi connectivity index (χ2v) is 5.03. The van der Waals surface area contributed by atoms with E-state index in [1.807, 2.05) is 0 Å². The van der Waals surface area contributed by atoms with Crippen molar-refractivity contribution in [3.63, 3.8) is 0 Å². The Kier molecular flexibility index (Phi) is 5.28. The second-order valence-electron chi connectivity index (χ2n) is 5.03. The van der Waals surface area contributed by atoms with Gasteiger partial charge in [0, 0.05) is 18.4 Å². The summed E-state index contributed by atoms with van der Waals surface area (Å²) in [6, 6.07) is 1.81. The fourth-order valence-electron chi connectivity index (χ4n) is 2.86. The van der Waals surface area contributed by atoms with E-state index in [1.54, 1.807) is 24.5 Å². The Bertz CT molecular complexity index is 591. The maximum absolute atomic E-state index is 12.2. The van der Waals surface area contributed by atoms with Gasteiger partial charge in [-0.3, -0.25) is 24.7 Å². The first-order chi connectivity index (χ1) is 11.0. The highest BCUT2D eigenvalue weighted by atomic mass is 16.5. The summed E-state index contributed by atoms with van der Waals surface area (Å²) in [5.41, 5.74) is 0.656. The van der Waals surface area contributed by atoms with Crippen molar-refractivity contribution in [3.05, 3.63) is 30.1 Å². The maximum atomic E-state index is 12.2. The third-order valence-electron chi connectivity index (χ3n) is 3.91. The smallest absolute Gasteiger partial charge is 0.323 e. The van der Waals surface area contributed by atoms with E-state index in [2.05, 4.69) is 10.3 Å². The highest BCUT2D eigenvalue weighted by molar-refractivity contribution is 5.91. The minimum Gasteiger partial charge on any atom is -0.469 e. The van der Waals surface area contributed by atoms with Gasteiger partial charge in [-0.25, -0.2) is 0 Å². The number of rotatable bonds is 4. The predicted molar refractivity (Wildman–Crippen MR) is 76.9 cm³/mol. The Labute approximate surface area is 133 Å². The predicted octanol–water partition coefficient (Wildman–Crippen LogP) is -0.154. The number of nitrogens with zero attached hydrogens (tertiary/aromatic N) is 1. The zero-order valence-corrected chi connectivity index (χ0v) is 13.0. The van der Waals surface area contributed by atoms with Gasteiger partial charge in [-0.15, -0.1) is 0 Å². The Morgan fingerprint density at radius 1 is 1.00 bits per heavy atom. The molecule has 0 aliphatic carbocycles. The molecule has 0 saturated carbocycles. The summed E-state index contributed by atoms with van der Waals surface area (Å²) in [5.74, 6) is -3.94. The first-order valence-electron chi connectivity index (χ1n) is 6.94. The first kappa shape index (κ1) is 16.9. The summed E-state index contributed by atoms with van der Waals surface area (Å²) in [4.78, 5) is 40.4. The molecule has 0 spiro atoms. The van der Waals surface area contributed by atoms with Crippen molar-refractivity contribution in [1.29, 1.82) is 0 Å².